The molecule has 0 aromatic heterocycles. The third-order valence-electron chi connectivity index (χ3n) is 5.37. The Kier molecular flexibility index (Phi) is 9.24. The summed E-state index contributed by atoms with van der Waals surface area (Å²) >= 11 is 0. The molecule has 1 N–H and O–H groups in total. The zero-order valence-electron chi connectivity index (χ0n) is 21.6. The van der Waals surface area contributed by atoms with Gasteiger partial charge in [-0.2, -0.15) is 8.42 Å². The molecule has 0 radical (unpaired) electrons. The van der Waals surface area contributed by atoms with Crippen molar-refractivity contribution in [2.24, 2.45) is 5.92 Å². The molecule has 3 aromatic carbocycles. The van der Waals surface area contributed by atoms with E-state index in [0.717, 1.165) is 0 Å². The molecule has 9 nitrogen and oxygen atoms in total. The van der Waals surface area contributed by atoms with Crippen LogP contribution in [0.4, 0.5) is 10.5 Å². The highest BCUT2D eigenvalue weighted by atomic mass is 32.2. The maximum Gasteiger partial charge on any atom is 0.339 e. The molecule has 0 saturated heterocycles. The SMILES string of the molecule is COc1ccc(S(=O)(=O)Oc2cc(CN(CC(C)C)C(=O)Nc3ccccc3OC)ccc2OC)cc1. The molecule has 37 heavy (non-hydrogen) atoms. The number of nitrogens with one attached hydrogen (secondary N) is 1. The van der Waals surface area contributed by atoms with Crippen LogP contribution in [0.5, 0.6) is 23.0 Å². The normalized spacial score (nSPS) is 11.1. The minimum absolute atomic E-state index is 0.0189. The average Bonchev–Trinajstić information content (AvgIpc) is 2.88. The summed E-state index contributed by atoms with van der Waals surface area (Å²) in [4.78, 5) is 14.8. The summed E-state index contributed by atoms with van der Waals surface area (Å²) in [6.45, 7) is 4.69. The number of urea groups is 1. The number of ether oxygens (including phenoxy) is 3. The van der Waals surface area contributed by atoms with Gasteiger partial charge in [-0.15, -0.1) is 0 Å². The molecule has 3 aromatic rings. The van der Waals surface area contributed by atoms with E-state index < -0.39 is 10.1 Å². The maximum atomic E-state index is 13.2. The van der Waals surface area contributed by atoms with E-state index in [1.807, 2.05) is 19.9 Å². The van der Waals surface area contributed by atoms with Gasteiger partial charge in [-0.25, -0.2) is 4.79 Å². The van der Waals surface area contributed by atoms with E-state index in [9.17, 15) is 13.2 Å². The van der Waals surface area contributed by atoms with Gasteiger partial charge in [0.2, 0.25) is 0 Å². The van der Waals surface area contributed by atoms with Gasteiger partial charge in [0.05, 0.1) is 27.0 Å². The average molecular weight is 529 g/mol. The van der Waals surface area contributed by atoms with Crippen molar-refractivity contribution in [1.82, 2.24) is 4.90 Å². The predicted octanol–water partition coefficient (Wildman–Crippen LogP) is 5.17. The van der Waals surface area contributed by atoms with Gasteiger partial charge in [0.25, 0.3) is 0 Å². The molecular formula is C27H32N2O7S. The van der Waals surface area contributed by atoms with Crippen LogP contribution in [0.25, 0.3) is 0 Å². The Bertz CT molecular complexity index is 1310. The first-order chi connectivity index (χ1) is 17.7. The summed E-state index contributed by atoms with van der Waals surface area (Å²) in [6.07, 6.45) is 0. The van der Waals surface area contributed by atoms with Crippen LogP contribution in [0.1, 0.15) is 19.4 Å². The Morgan fingerprint density at radius 2 is 1.54 bits per heavy atom. The highest BCUT2D eigenvalue weighted by Gasteiger charge is 2.22. The molecule has 0 aliphatic carbocycles. The largest absolute Gasteiger partial charge is 0.497 e. The van der Waals surface area contributed by atoms with Gasteiger partial charge >= 0.3 is 16.1 Å². The molecule has 0 spiro atoms. The number of anilines is 1. The van der Waals surface area contributed by atoms with E-state index in [1.54, 1.807) is 41.3 Å². The van der Waals surface area contributed by atoms with Crippen LogP contribution >= 0.6 is 0 Å². The van der Waals surface area contributed by atoms with Crippen LogP contribution in [0.3, 0.4) is 0 Å². The van der Waals surface area contributed by atoms with Crippen molar-refractivity contribution < 1.29 is 31.6 Å². The monoisotopic (exact) mass is 528 g/mol. The number of rotatable bonds is 11. The molecule has 2 amide bonds. The van der Waals surface area contributed by atoms with Crippen LogP contribution in [0, 0.1) is 5.92 Å². The summed E-state index contributed by atoms with van der Waals surface area (Å²) in [5.41, 5.74) is 1.21. The lowest BCUT2D eigenvalue weighted by Crippen LogP contribution is -2.37. The number of hydrogen-bond acceptors (Lipinski definition) is 7. The standard InChI is InChI=1S/C27H32N2O7S/c1-19(2)17-29(27(30)28-23-8-6-7-9-24(23)34-4)18-20-10-15-25(35-5)26(16-20)36-37(31,32)22-13-11-21(33-3)12-14-22/h6-16,19H,17-18H2,1-5H3,(H,28,30). The number of amides is 2. The molecule has 0 aliphatic heterocycles. The second kappa shape index (κ2) is 12.4. The fourth-order valence-electron chi connectivity index (χ4n) is 3.62. The van der Waals surface area contributed by atoms with E-state index in [1.165, 1.54) is 45.6 Å². The number of nitrogens with zero attached hydrogens (tertiary/aromatic N) is 1. The number of para-hydroxylation sites is 2. The highest BCUT2D eigenvalue weighted by Crippen LogP contribution is 2.32. The third-order valence-corrected chi connectivity index (χ3v) is 6.62. The van der Waals surface area contributed by atoms with E-state index in [-0.39, 0.29) is 34.9 Å². The molecule has 0 bridgehead atoms. The lowest BCUT2D eigenvalue weighted by atomic mass is 10.1. The Morgan fingerprint density at radius 3 is 2.16 bits per heavy atom. The number of benzene rings is 3. The molecule has 0 aliphatic rings. The summed E-state index contributed by atoms with van der Waals surface area (Å²) in [5.74, 6) is 1.52. The van der Waals surface area contributed by atoms with Crippen molar-refractivity contribution in [2.45, 2.75) is 25.3 Å². The van der Waals surface area contributed by atoms with Crippen LogP contribution in [-0.4, -0.2) is 47.2 Å². The molecule has 0 saturated carbocycles. The first kappa shape index (κ1) is 27.7. The van der Waals surface area contributed by atoms with E-state index in [0.29, 0.717) is 29.3 Å². The molecular weight excluding hydrogens is 496 g/mol. The van der Waals surface area contributed by atoms with E-state index in [4.69, 9.17) is 18.4 Å². The van der Waals surface area contributed by atoms with Gasteiger partial charge in [-0.1, -0.05) is 32.0 Å². The minimum Gasteiger partial charge on any atom is -0.497 e. The fraction of sp³-hybridized carbons (Fsp3) is 0.296. The minimum atomic E-state index is -4.14. The Hall–Kier alpha value is -3.92. The molecule has 0 heterocycles. The molecule has 0 fully saturated rings. The quantitative estimate of drug-likeness (QED) is 0.343. The number of carbonyl (C=O) groups excluding carboxylic acids is 1. The van der Waals surface area contributed by atoms with Gasteiger partial charge in [0.15, 0.2) is 11.5 Å². The Balaban J connectivity index is 1.85. The van der Waals surface area contributed by atoms with E-state index >= 15 is 0 Å². The summed E-state index contributed by atoms with van der Waals surface area (Å²) in [7, 11) is 0.315. The smallest absolute Gasteiger partial charge is 0.339 e. The van der Waals surface area contributed by atoms with Crippen molar-refractivity contribution >= 4 is 21.8 Å². The second-order valence-electron chi connectivity index (χ2n) is 8.60. The van der Waals surface area contributed by atoms with E-state index in [2.05, 4.69) is 5.32 Å². The van der Waals surface area contributed by atoms with Crippen molar-refractivity contribution in [2.75, 3.05) is 33.2 Å². The number of hydrogen-bond donors (Lipinski definition) is 1. The summed E-state index contributed by atoms with van der Waals surface area (Å²) in [5, 5.41) is 2.89. The van der Waals surface area contributed by atoms with Crippen LogP contribution in [-0.2, 0) is 16.7 Å². The van der Waals surface area contributed by atoms with Crippen LogP contribution in [0.2, 0.25) is 0 Å². The second-order valence-corrected chi connectivity index (χ2v) is 10.1. The van der Waals surface area contributed by atoms with Gasteiger partial charge in [-0.05, 0) is 60.0 Å². The first-order valence-corrected chi connectivity index (χ1v) is 13.0. The topological polar surface area (TPSA) is 103 Å². The van der Waals surface area contributed by atoms with Crippen molar-refractivity contribution in [3.8, 4) is 23.0 Å². The zero-order valence-corrected chi connectivity index (χ0v) is 22.4. The lowest BCUT2D eigenvalue weighted by Gasteiger charge is -2.26. The van der Waals surface area contributed by atoms with Crippen molar-refractivity contribution in [3.05, 3.63) is 72.3 Å². The van der Waals surface area contributed by atoms with Crippen molar-refractivity contribution in [3.63, 3.8) is 0 Å². The highest BCUT2D eigenvalue weighted by molar-refractivity contribution is 7.87. The van der Waals surface area contributed by atoms with Gasteiger partial charge in [0, 0.05) is 13.1 Å². The van der Waals surface area contributed by atoms with Crippen LogP contribution < -0.4 is 23.7 Å². The Morgan fingerprint density at radius 1 is 0.865 bits per heavy atom. The van der Waals surface area contributed by atoms with Gasteiger partial charge in [-0.3, -0.25) is 0 Å². The zero-order chi connectivity index (χ0) is 27.0. The van der Waals surface area contributed by atoms with Crippen molar-refractivity contribution in [1.29, 1.82) is 0 Å². The van der Waals surface area contributed by atoms with Gasteiger partial charge in [0.1, 0.15) is 16.4 Å². The predicted molar refractivity (Wildman–Crippen MR) is 141 cm³/mol. The Labute approximate surface area is 218 Å². The third kappa shape index (κ3) is 7.29. The molecule has 0 atom stereocenters. The maximum absolute atomic E-state index is 13.2. The molecule has 3 rings (SSSR count). The van der Waals surface area contributed by atoms with Gasteiger partial charge < -0.3 is 28.6 Å². The first-order valence-electron chi connectivity index (χ1n) is 11.6. The van der Waals surface area contributed by atoms with Crippen LogP contribution in [0.15, 0.2) is 71.6 Å². The number of methoxy groups -OCH3 is 3. The number of carbonyl (C=O) groups is 1. The summed E-state index contributed by atoms with van der Waals surface area (Å²) < 4.78 is 47.0. The molecule has 0 unspecified atom stereocenters. The molecule has 10 heteroatoms. The summed E-state index contributed by atoms with van der Waals surface area (Å²) in [6, 6.07) is 17.6. The molecule has 198 valence electrons. The lowest BCUT2D eigenvalue weighted by molar-refractivity contribution is 0.201. The fourth-order valence-corrected chi connectivity index (χ4v) is 4.55.